The molecule has 3 aromatic heterocycles. The molecule has 5 rings (SSSR count). The van der Waals surface area contributed by atoms with Crippen molar-refractivity contribution >= 4 is 23.1 Å². The van der Waals surface area contributed by atoms with Gasteiger partial charge < -0.3 is 10.2 Å². The van der Waals surface area contributed by atoms with Crippen molar-refractivity contribution in [1.82, 2.24) is 24.8 Å². The summed E-state index contributed by atoms with van der Waals surface area (Å²) >= 11 is 0. The lowest BCUT2D eigenvalue weighted by molar-refractivity contribution is 0.102. The molecule has 4 aromatic rings. The number of hydrogen-bond donors (Lipinski definition) is 1. The van der Waals surface area contributed by atoms with E-state index in [4.69, 9.17) is 0 Å². The fraction of sp³-hybridized carbons (Fsp3) is 0.240. The van der Waals surface area contributed by atoms with E-state index in [9.17, 15) is 4.79 Å². The average molecular weight is 438 g/mol. The highest BCUT2D eigenvalue weighted by molar-refractivity contribution is 6.04. The van der Waals surface area contributed by atoms with Gasteiger partial charge in [0.05, 0.1) is 5.56 Å². The Morgan fingerprint density at radius 1 is 1.03 bits per heavy atom. The average Bonchev–Trinajstić information content (AvgIpc) is 3.26. The minimum Gasteiger partial charge on any atom is -0.356 e. The number of aromatic nitrogens is 5. The number of benzene rings is 1. The molecule has 8 nitrogen and oxygen atoms in total. The van der Waals surface area contributed by atoms with Gasteiger partial charge in [-0.3, -0.25) is 4.79 Å². The summed E-state index contributed by atoms with van der Waals surface area (Å²) in [7, 11) is 0. The Hall–Kier alpha value is -4.25. The minimum atomic E-state index is -0.200. The van der Waals surface area contributed by atoms with Crippen LogP contribution in [0.3, 0.4) is 0 Å². The van der Waals surface area contributed by atoms with E-state index in [-0.39, 0.29) is 5.91 Å². The second kappa shape index (κ2) is 9.09. The Bertz CT molecular complexity index is 1380. The van der Waals surface area contributed by atoms with Crippen LogP contribution in [0.15, 0.2) is 54.9 Å². The predicted molar refractivity (Wildman–Crippen MR) is 126 cm³/mol. The Labute approximate surface area is 191 Å². The van der Waals surface area contributed by atoms with Crippen LogP contribution in [0.4, 0.5) is 11.5 Å². The molecule has 0 unspecified atom stereocenters. The predicted octanol–water partition coefficient (Wildman–Crippen LogP) is 3.47. The molecule has 4 heterocycles. The molecule has 0 atom stereocenters. The van der Waals surface area contributed by atoms with Crippen LogP contribution in [-0.4, -0.2) is 43.8 Å². The molecule has 0 radical (unpaired) electrons. The second-order valence-corrected chi connectivity index (χ2v) is 8.01. The zero-order valence-electron chi connectivity index (χ0n) is 18.3. The van der Waals surface area contributed by atoms with Crippen LogP contribution in [0, 0.1) is 18.8 Å². The zero-order valence-corrected chi connectivity index (χ0v) is 18.3. The molecule has 1 N–H and O–H groups in total. The van der Waals surface area contributed by atoms with Gasteiger partial charge in [0.2, 0.25) is 5.82 Å². The molecule has 1 amide bonds. The summed E-state index contributed by atoms with van der Waals surface area (Å²) in [5.41, 5.74) is 3.59. The van der Waals surface area contributed by atoms with Gasteiger partial charge in [-0.15, -0.1) is 10.2 Å². The molecule has 33 heavy (non-hydrogen) atoms. The molecule has 1 aliphatic rings. The minimum absolute atomic E-state index is 0.200. The van der Waals surface area contributed by atoms with E-state index in [0.29, 0.717) is 22.7 Å². The molecule has 8 heteroatoms. The van der Waals surface area contributed by atoms with Crippen LogP contribution < -0.4 is 10.2 Å². The topological polar surface area (TPSA) is 88.3 Å². The molecule has 1 aliphatic heterocycles. The van der Waals surface area contributed by atoms with Crippen molar-refractivity contribution in [2.24, 2.45) is 0 Å². The monoisotopic (exact) mass is 437 g/mol. The Morgan fingerprint density at radius 3 is 2.76 bits per heavy atom. The number of pyridine rings is 1. The van der Waals surface area contributed by atoms with Gasteiger partial charge >= 0.3 is 0 Å². The van der Waals surface area contributed by atoms with Crippen molar-refractivity contribution in [3.63, 3.8) is 0 Å². The quantitative estimate of drug-likeness (QED) is 0.494. The SMILES string of the molecule is Cc1cc(C(=O)Nc2cccc(C#Cc3nnc4cccnn34)c2)cnc1N1CCCCC1. The normalized spacial score (nSPS) is 13.4. The maximum atomic E-state index is 12.8. The van der Waals surface area contributed by atoms with Crippen molar-refractivity contribution in [3.8, 4) is 11.8 Å². The summed E-state index contributed by atoms with van der Waals surface area (Å²) < 4.78 is 1.58. The number of aryl methyl sites for hydroxylation is 1. The Balaban J connectivity index is 1.31. The first-order chi connectivity index (χ1) is 16.2. The third-order valence-corrected chi connectivity index (χ3v) is 5.59. The molecular weight excluding hydrogens is 414 g/mol. The molecule has 1 fully saturated rings. The second-order valence-electron chi connectivity index (χ2n) is 8.01. The van der Waals surface area contributed by atoms with Crippen molar-refractivity contribution in [3.05, 3.63) is 77.4 Å². The summed E-state index contributed by atoms with van der Waals surface area (Å²) in [6, 6.07) is 12.9. The number of carbonyl (C=O) groups is 1. The number of nitrogens with one attached hydrogen (secondary N) is 1. The molecule has 0 saturated carbocycles. The van der Waals surface area contributed by atoms with E-state index < -0.39 is 0 Å². The summed E-state index contributed by atoms with van der Waals surface area (Å²) in [4.78, 5) is 19.7. The summed E-state index contributed by atoms with van der Waals surface area (Å²) in [6.45, 7) is 4.05. The number of carbonyl (C=O) groups excluding carboxylic acids is 1. The highest BCUT2D eigenvalue weighted by Crippen LogP contribution is 2.22. The summed E-state index contributed by atoms with van der Waals surface area (Å²) in [5.74, 6) is 7.28. The molecule has 0 bridgehead atoms. The fourth-order valence-electron chi connectivity index (χ4n) is 3.96. The van der Waals surface area contributed by atoms with Crippen molar-refractivity contribution in [2.45, 2.75) is 26.2 Å². The molecule has 0 aliphatic carbocycles. The van der Waals surface area contributed by atoms with Crippen molar-refractivity contribution < 1.29 is 4.79 Å². The van der Waals surface area contributed by atoms with Crippen LogP contribution in [-0.2, 0) is 0 Å². The Kier molecular flexibility index (Phi) is 5.68. The van der Waals surface area contributed by atoms with Gasteiger partial charge in [0.25, 0.3) is 5.91 Å². The van der Waals surface area contributed by atoms with Crippen LogP contribution >= 0.6 is 0 Å². The third kappa shape index (κ3) is 4.53. The summed E-state index contributed by atoms with van der Waals surface area (Å²) in [5, 5.41) is 15.3. The van der Waals surface area contributed by atoms with E-state index >= 15 is 0 Å². The van der Waals surface area contributed by atoms with Gasteiger partial charge in [0.15, 0.2) is 5.65 Å². The molecule has 1 aromatic carbocycles. The van der Waals surface area contributed by atoms with Crippen molar-refractivity contribution in [1.29, 1.82) is 0 Å². The first kappa shape index (κ1) is 20.6. The smallest absolute Gasteiger partial charge is 0.257 e. The van der Waals surface area contributed by atoms with Crippen LogP contribution in [0.5, 0.6) is 0 Å². The van der Waals surface area contributed by atoms with Gasteiger partial charge in [0.1, 0.15) is 5.82 Å². The van der Waals surface area contributed by atoms with Gasteiger partial charge in [-0.1, -0.05) is 12.0 Å². The van der Waals surface area contributed by atoms with Crippen LogP contribution in [0.1, 0.15) is 46.6 Å². The maximum absolute atomic E-state index is 12.8. The molecule has 0 spiro atoms. The van der Waals surface area contributed by atoms with E-state index in [1.54, 1.807) is 23.0 Å². The largest absolute Gasteiger partial charge is 0.356 e. The highest BCUT2D eigenvalue weighted by Gasteiger charge is 2.16. The number of rotatable bonds is 3. The lowest BCUT2D eigenvalue weighted by Gasteiger charge is -2.29. The van der Waals surface area contributed by atoms with Gasteiger partial charge in [-0.25, -0.2) is 4.98 Å². The van der Waals surface area contributed by atoms with Crippen LogP contribution in [0.25, 0.3) is 5.65 Å². The van der Waals surface area contributed by atoms with Gasteiger partial charge in [0, 0.05) is 36.7 Å². The van der Waals surface area contributed by atoms with E-state index in [0.717, 1.165) is 30.0 Å². The summed E-state index contributed by atoms with van der Waals surface area (Å²) in [6.07, 6.45) is 6.96. The lowest BCUT2D eigenvalue weighted by atomic mass is 10.1. The van der Waals surface area contributed by atoms with E-state index in [1.165, 1.54) is 19.3 Å². The third-order valence-electron chi connectivity index (χ3n) is 5.59. The number of piperidine rings is 1. The fourth-order valence-corrected chi connectivity index (χ4v) is 3.96. The van der Waals surface area contributed by atoms with E-state index in [1.807, 2.05) is 43.3 Å². The van der Waals surface area contributed by atoms with E-state index in [2.05, 4.69) is 42.3 Å². The first-order valence-electron chi connectivity index (χ1n) is 11.0. The van der Waals surface area contributed by atoms with Gasteiger partial charge in [-0.05, 0) is 74.1 Å². The number of fused-ring (bicyclic) bond motifs is 1. The number of anilines is 2. The number of nitrogens with zero attached hydrogens (tertiary/aromatic N) is 6. The molecular formula is C25H23N7O. The van der Waals surface area contributed by atoms with Crippen LogP contribution in [0.2, 0.25) is 0 Å². The zero-order chi connectivity index (χ0) is 22.6. The molecule has 164 valence electrons. The van der Waals surface area contributed by atoms with Gasteiger partial charge in [-0.2, -0.15) is 9.61 Å². The molecule has 1 saturated heterocycles. The Morgan fingerprint density at radius 2 is 1.91 bits per heavy atom. The maximum Gasteiger partial charge on any atom is 0.257 e. The first-order valence-corrected chi connectivity index (χ1v) is 11.0. The van der Waals surface area contributed by atoms with Crippen molar-refractivity contribution in [2.75, 3.05) is 23.3 Å². The lowest BCUT2D eigenvalue weighted by Crippen LogP contribution is -2.31. The number of hydrogen-bond acceptors (Lipinski definition) is 6. The standard InChI is InChI=1S/C25H23N7O/c1-18-15-20(17-26-24(18)31-13-3-2-4-14-31)25(33)28-21-8-5-7-19(16-21)10-11-23-30-29-22-9-6-12-27-32(22)23/h5-9,12,15-17H,2-4,13-14H2,1H3,(H,28,33). The number of amides is 1. The highest BCUT2D eigenvalue weighted by atomic mass is 16.1.